The van der Waals surface area contributed by atoms with E-state index in [4.69, 9.17) is 15.3 Å². The number of amides is 1. The lowest BCUT2D eigenvalue weighted by Gasteiger charge is -2.07. The minimum atomic E-state index is -0.278. The van der Waals surface area contributed by atoms with Gasteiger partial charge >= 0.3 is 0 Å². The molecule has 5 nitrogen and oxygen atoms in total. The molecule has 1 rings (SSSR count). The Morgan fingerprint density at radius 2 is 2.21 bits per heavy atom. The van der Waals surface area contributed by atoms with Crippen LogP contribution in [0.1, 0.15) is 6.92 Å². The van der Waals surface area contributed by atoms with Crippen molar-refractivity contribution in [3.63, 3.8) is 0 Å². The fourth-order valence-corrected chi connectivity index (χ4v) is 0.907. The maximum Gasteiger partial charge on any atom is 0.249 e. The van der Waals surface area contributed by atoms with Gasteiger partial charge in [-0.2, -0.15) is 5.48 Å². The normalized spacial score (nSPS) is 9.29. The van der Waals surface area contributed by atoms with Crippen molar-refractivity contribution in [1.29, 1.82) is 0 Å². The molecule has 1 amide bonds. The summed E-state index contributed by atoms with van der Waals surface area (Å²) in [7, 11) is 1.53. The summed E-state index contributed by atoms with van der Waals surface area (Å²) >= 11 is 0. The fourth-order valence-electron chi connectivity index (χ4n) is 0.907. The van der Waals surface area contributed by atoms with Gasteiger partial charge < -0.3 is 15.3 Å². The summed E-state index contributed by atoms with van der Waals surface area (Å²) < 4.78 is 4.96. The van der Waals surface area contributed by atoms with E-state index in [0.717, 1.165) is 0 Å². The van der Waals surface area contributed by atoms with E-state index in [-0.39, 0.29) is 5.91 Å². The average Bonchev–Trinajstić information content (AvgIpc) is 2.15. The van der Waals surface area contributed by atoms with Crippen molar-refractivity contribution in [1.82, 2.24) is 5.48 Å². The highest BCUT2D eigenvalue weighted by molar-refractivity contribution is 5.71. The third-order valence-electron chi connectivity index (χ3n) is 1.51. The average molecular weight is 196 g/mol. The number of methoxy groups -OCH3 is 1. The first-order valence-corrected chi connectivity index (χ1v) is 4.00. The number of carbonyl (C=O) groups excluding carboxylic acids is 1. The lowest BCUT2D eigenvalue weighted by atomic mass is 10.3. The van der Waals surface area contributed by atoms with E-state index >= 15 is 0 Å². The molecule has 1 aromatic rings. The quantitative estimate of drug-likeness (QED) is 0.551. The molecule has 0 aliphatic heterocycles. The number of nitrogen functional groups attached to an aromatic ring is 1. The third kappa shape index (κ3) is 2.55. The summed E-state index contributed by atoms with van der Waals surface area (Å²) in [5, 5.41) is 0. The monoisotopic (exact) mass is 196 g/mol. The number of nitrogens with one attached hydrogen (secondary N) is 1. The maximum atomic E-state index is 10.5. The number of ether oxygens (including phenoxy) is 1. The van der Waals surface area contributed by atoms with Crippen LogP contribution in [0.5, 0.6) is 11.5 Å². The van der Waals surface area contributed by atoms with Gasteiger partial charge in [-0.05, 0) is 12.1 Å². The van der Waals surface area contributed by atoms with Gasteiger partial charge in [0.1, 0.15) is 5.75 Å². The first kappa shape index (κ1) is 10.2. The van der Waals surface area contributed by atoms with E-state index in [1.165, 1.54) is 14.0 Å². The Kier molecular flexibility index (Phi) is 3.17. The van der Waals surface area contributed by atoms with Gasteiger partial charge in [-0.25, -0.2) is 0 Å². The second-order valence-corrected chi connectivity index (χ2v) is 2.66. The molecule has 14 heavy (non-hydrogen) atoms. The van der Waals surface area contributed by atoms with Crippen LogP contribution in [-0.2, 0) is 4.79 Å². The first-order chi connectivity index (χ1) is 6.63. The second kappa shape index (κ2) is 4.36. The largest absolute Gasteiger partial charge is 0.495 e. The Hall–Kier alpha value is -1.91. The molecule has 3 N–H and O–H groups in total. The maximum absolute atomic E-state index is 10.5. The second-order valence-electron chi connectivity index (χ2n) is 2.66. The van der Waals surface area contributed by atoms with Crippen molar-refractivity contribution in [2.45, 2.75) is 6.92 Å². The minimum Gasteiger partial charge on any atom is -0.495 e. The number of hydrogen-bond donors (Lipinski definition) is 2. The van der Waals surface area contributed by atoms with E-state index < -0.39 is 0 Å². The third-order valence-corrected chi connectivity index (χ3v) is 1.51. The minimum absolute atomic E-state index is 0.278. The van der Waals surface area contributed by atoms with E-state index in [2.05, 4.69) is 5.48 Å². The molecule has 0 saturated heterocycles. The molecule has 76 valence electrons. The molecule has 0 saturated carbocycles. The van der Waals surface area contributed by atoms with E-state index in [1.54, 1.807) is 18.2 Å². The van der Waals surface area contributed by atoms with Crippen LogP contribution in [0.4, 0.5) is 5.69 Å². The van der Waals surface area contributed by atoms with E-state index in [1.807, 2.05) is 0 Å². The molecule has 0 aliphatic carbocycles. The summed E-state index contributed by atoms with van der Waals surface area (Å²) in [5.41, 5.74) is 8.27. The van der Waals surface area contributed by atoms with Crippen LogP contribution >= 0.6 is 0 Å². The molecule has 0 radical (unpaired) electrons. The Morgan fingerprint density at radius 3 is 2.71 bits per heavy atom. The highest BCUT2D eigenvalue weighted by Gasteiger charge is 2.01. The Labute approximate surface area is 81.8 Å². The number of carbonyl (C=O) groups is 1. The van der Waals surface area contributed by atoms with Gasteiger partial charge in [-0.3, -0.25) is 4.79 Å². The van der Waals surface area contributed by atoms with Crippen LogP contribution < -0.4 is 20.8 Å². The van der Waals surface area contributed by atoms with E-state index in [0.29, 0.717) is 17.2 Å². The molecule has 0 unspecified atom stereocenters. The molecule has 0 atom stereocenters. The van der Waals surface area contributed by atoms with Crippen LogP contribution in [0, 0.1) is 0 Å². The molecule has 0 heterocycles. The Morgan fingerprint density at radius 1 is 1.50 bits per heavy atom. The Balaban J connectivity index is 2.71. The van der Waals surface area contributed by atoms with Crippen molar-refractivity contribution < 1.29 is 14.4 Å². The zero-order chi connectivity index (χ0) is 10.6. The standard InChI is InChI=1S/C9H12N2O3/c1-6(12)11-14-7-3-4-9(13-2)8(10)5-7/h3-5H,10H2,1-2H3,(H,11,12). The van der Waals surface area contributed by atoms with Crippen LogP contribution in [0.25, 0.3) is 0 Å². The van der Waals surface area contributed by atoms with Crippen LogP contribution in [0.15, 0.2) is 18.2 Å². The SMILES string of the molecule is COc1ccc(ONC(C)=O)cc1N. The zero-order valence-electron chi connectivity index (χ0n) is 8.03. The Bertz CT molecular complexity index is 339. The molecule has 0 bridgehead atoms. The highest BCUT2D eigenvalue weighted by atomic mass is 16.7. The van der Waals surface area contributed by atoms with Gasteiger partial charge in [0.25, 0.3) is 0 Å². The van der Waals surface area contributed by atoms with Crippen molar-refractivity contribution in [2.75, 3.05) is 12.8 Å². The zero-order valence-corrected chi connectivity index (χ0v) is 8.03. The van der Waals surface area contributed by atoms with Crippen LogP contribution in [-0.4, -0.2) is 13.0 Å². The van der Waals surface area contributed by atoms with Crippen molar-refractivity contribution in [2.24, 2.45) is 0 Å². The number of anilines is 1. The van der Waals surface area contributed by atoms with Gasteiger partial charge in [0.05, 0.1) is 12.8 Å². The summed E-state index contributed by atoms with van der Waals surface area (Å²) in [5.74, 6) is 0.748. The topological polar surface area (TPSA) is 73.6 Å². The smallest absolute Gasteiger partial charge is 0.249 e. The molecule has 1 aromatic carbocycles. The first-order valence-electron chi connectivity index (χ1n) is 4.00. The highest BCUT2D eigenvalue weighted by Crippen LogP contribution is 2.25. The summed E-state index contributed by atoms with van der Waals surface area (Å²) in [6, 6.07) is 4.87. The van der Waals surface area contributed by atoms with Crippen LogP contribution in [0.3, 0.4) is 0 Å². The molecule has 0 spiro atoms. The molecule has 0 fully saturated rings. The number of nitrogens with two attached hydrogens (primary N) is 1. The van der Waals surface area contributed by atoms with Gasteiger partial charge in [0.15, 0.2) is 5.75 Å². The summed E-state index contributed by atoms with van der Waals surface area (Å²) in [6.45, 7) is 1.35. The van der Waals surface area contributed by atoms with Gasteiger partial charge in [-0.15, -0.1) is 0 Å². The lowest BCUT2D eigenvalue weighted by Crippen LogP contribution is -2.23. The summed E-state index contributed by atoms with van der Waals surface area (Å²) in [6.07, 6.45) is 0. The molecular weight excluding hydrogens is 184 g/mol. The van der Waals surface area contributed by atoms with Gasteiger partial charge in [-0.1, -0.05) is 0 Å². The number of hydrogen-bond acceptors (Lipinski definition) is 4. The molecule has 0 aliphatic rings. The van der Waals surface area contributed by atoms with Crippen molar-refractivity contribution >= 4 is 11.6 Å². The molecule has 0 aromatic heterocycles. The van der Waals surface area contributed by atoms with Crippen molar-refractivity contribution in [3.8, 4) is 11.5 Å². The van der Waals surface area contributed by atoms with Crippen molar-refractivity contribution in [3.05, 3.63) is 18.2 Å². The van der Waals surface area contributed by atoms with Gasteiger partial charge in [0, 0.05) is 13.0 Å². The van der Waals surface area contributed by atoms with E-state index in [9.17, 15) is 4.79 Å². The summed E-state index contributed by atoms with van der Waals surface area (Å²) in [4.78, 5) is 15.4. The number of benzene rings is 1. The number of rotatable bonds is 3. The van der Waals surface area contributed by atoms with Crippen LogP contribution in [0.2, 0.25) is 0 Å². The predicted octanol–water partition coefficient (Wildman–Crippen LogP) is 0.707. The fraction of sp³-hybridized carbons (Fsp3) is 0.222. The van der Waals surface area contributed by atoms with Gasteiger partial charge in [0.2, 0.25) is 5.91 Å². The molecule has 5 heteroatoms. The molecular formula is C9H12N2O3. The predicted molar refractivity (Wildman–Crippen MR) is 51.9 cm³/mol. The lowest BCUT2D eigenvalue weighted by molar-refractivity contribution is -0.125. The number of hydroxylamine groups is 1.